The van der Waals surface area contributed by atoms with Crippen LogP contribution in [0.5, 0.6) is 0 Å². The number of fused-ring (bicyclic) bond motifs is 1. The molecule has 0 radical (unpaired) electrons. The van der Waals surface area contributed by atoms with Crippen molar-refractivity contribution in [2.45, 2.75) is 58.3 Å². The zero-order valence-electron chi connectivity index (χ0n) is 30.7. The van der Waals surface area contributed by atoms with Gasteiger partial charge in [-0.05, 0) is 88.9 Å². The summed E-state index contributed by atoms with van der Waals surface area (Å²) in [5, 5.41) is 3.09. The molecular formula is C43H46N3O6S+. The number of carbonyl (C=O) groups excluding carboxylic acids is 2. The van der Waals surface area contributed by atoms with E-state index in [0.29, 0.717) is 23.6 Å². The molecule has 1 amide bonds. The molecule has 9 nitrogen and oxygen atoms in total. The maximum absolute atomic E-state index is 14.0. The second-order valence-corrected chi connectivity index (χ2v) is 15.8. The molecule has 1 atom stereocenters. The molecule has 0 aliphatic heterocycles. The van der Waals surface area contributed by atoms with Crippen LogP contribution in [0.2, 0.25) is 0 Å². The fourth-order valence-corrected chi connectivity index (χ4v) is 6.70. The van der Waals surface area contributed by atoms with E-state index in [4.69, 9.17) is 8.97 Å². The van der Waals surface area contributed by atoms with Crippen LogP contribution in [-0.2, 0) is 26.7 Å². The number of nitrogens with one attached hydrogen (secondary N) is 1. The van der Waals surface area contributed by atoms with E-state index in [1.165, 1.54) is 5.56 Å². The number of nitrogens with zero attached hydrogens (tertiary/aromatic N) is 1. The van der Waals surface area contributed by atoms with Crippen molar-refractivity contribution in [3.05, 3.63) is 143 Å². The maximum Gasteiger partial charge on any atom is 0.264 e. The van der Waals surface area contributed by atoms with Crippen molar-refractivity contribution in [3.8, 4) is 22.6 Å². The number of amides is 1. The highest BCUT2D eigenvalue weighted by molar-refractivity contribution is 7.85. The highest BCUT2D eigenvalue weighted by Gasteiger charge is 2.23. The van der Waals surface area contributed by atoms with Gasteiger partial charge in [0.05, 0.1) is 11.7 Å². The van der Waals surface area contributed by atoms with Crippen molar-refractivity contribution >= 4 is 38.6 Å². The summed E-state index contributed by atoms with van der Waals surface area (Å²) in [6.45, 7) is 8.55. The Labute approximate surface area is 310 Å². The van der Waals surface area contributed by atoms with Crippen molar-refractivity contribution < 1.29 is 27.0 Å². The van der Waals surface area contributed by atoms with E-state index < -0.39 is 21.8 Å². The molecular weight excluding hydrogens is 687 g/mol. The number of ketones is 1. The summed E-state index contributed by atoms with van der Waals surface area (Å²) in [6.07, 6.45) is 0.414. The third-order valence-electron chi connectivity index (χ3n) is 9.25. The number of Topliss-reactive ketones (excluding diaryl/α,β-unsaturated/α-hetero) is 1. The van der Waals surface area contributed by atoms with Gasteiger partial charge in [0, 0.05) is 23.2 Å². The summed E-state index contributed by atoms with van der Waals surface area (Å²) in [6, 6.07) is 36.9. The smallest absolute Gasteiger partial charge is 0.264 e. The van der Waals surface area contributed by atoms with Gasteiger partial charge in [0.2, 0.25) is 11.8 Å². The van der Waals surface area contributed by atoms with Gasteiger partial charge < -0.3 is 15.9 Å². The van der Waals surface area contributed by atoms with E-state index in [-0.39, 0.29) is 36.1 Å². The zero-order valence-corrected chi connectivity index (χ0v) is 31.5. The summed E-state index contributed by atoms with van der Waals surface area (Å²) in [5.74, 6) is -0.903. The molecule has 0 fully saturated rings. The molecule has 6 N–H and O–H groups in total. The van der Waals surface area contributed by atoms with Crippen molar-refractivity contribution in [1.29, 1.82) is 0 Å². The van der Waals surface area contributed by atoms with Gasteiger partial charge in [-0.25, -0.2) is 4.98 Å². The minimum absolute atomic E-state index is 0. The molecule has 1 heterocycles. The second-order valence-electron chi connectivity index (χ2n) is 14.2. The monoisotopic (exact) mass is 732 g/mol. The lowest BCUT2D eigenvalue weighted by atomic mass is 9.86. The minimum Gasteiger partial charge on any atom is -0.436 e. The number of hydrogen-bond acceptors (Lipinski definition) is 6. The first-order valence-electron chi connectivity index (χ1n) is 17.3. The molecule has 0 saturated carbocycles. The standard InChI is InChI=1S/C43H42N2O6S.H3N/c1-28-7-5-8-38-40(28)51-42(45-38)34-20-24-36(25-21-34)44-41(47)37(27-29-10-12-33(13-11-29)39(46)9-6-26-52(48,49)50)32-16-14-30(15-17-32)31-18-22-35(23-19-31)43(2,3)4;/h5,7-8,10-25,37H,6,9,26-27H2,1-4H3,(H,44,47)(H,48,49,50);1H3/p+1/t37-;/m0./s1. The molecule has 6 rings (SSSR count). The van der Waals surface area contributed by atoms with Crippen LogP contribution in [0.1, 0.15) is 72.1 Å². The number of quaternary nitrogens is 1. The molecule has 1 aromatic heterocycles. The molecule has 10 heteroatoms. The first kappa shape index (κ1) is 38.8. The molecule has 53 heavy (non-hydrogen) atoms. The van der Waals surface area contributed by atoms with Crippen LogP contribution >= 0.6 is 0 Å². The number of hydrogen-bond donors (Lipinski definition) is 3. The number of para-hydroxylation sites is 1. The Hall–Kier alpha value is -5.42. The fraction of sp³-hybridized carbons (Fsp3) is 0.233. The molecule has 0 bridgehead atoms. The Kier molecular flexibility index (Phi) is 11.8. The van der Waals surface area contributed by atoms with Crippen LogP contribution in [0.4, 0.5) is 5.69 Å². The maximum atomic E-state index is 14.0. The Morgan fingerprint density at radius 2 is 1.42 bits per heavy atom. The highest BCUT2D eigenvalue weighted by atomic mass is 32.2. The van der Waals surface area contributed by atoms with Gasteiger partial charge >= 0.3 is 0 Å². The second kappa shape index (κ2) is 16.1. The average Bonchev–Trinajstić information content (AvgIpc) is 3.56. The lowest BCUT2D eigenvalue weighted by Crippen LogP contribution is -2.23. The van der Waals surface area contributed by atoms with Crippen LogP contribution in [0.15, 0.2) is 120 Å². The normalized spacial score (nSPS) is 12.2. The number of aryl methyl sites for hydroxylation is 1. The Morgan fingerprint density at radius 1 is 0.811 bits per heavy atom. The molecule has 0 spiro atoms. The minimum atomic E-state index is -4.12. The number of anilines is 1. The highest BCUT2D eigenvalue weighted by Crippen LogP contribution is 2.31. The van der Waals surface area contributed by atoms with Crippen LogP contribution in [0.25, 0.3) is 33.7 Å². The van der Waals surface area contributed by atoms with E-state index in [9.17, 15) is 18.0 Å². The van der Waals surface area contributed by atoms with Gasteiger partial charge in [-0.1, -0.05) is 106 Å². The summed E-state index contributed by atoms with van der Waals surface area (Å²) in [4.78, 5) is 31.3. The fourth-order valence-electron chi connectivity index (χ4n) is 6.19. The molecule has 0 aliphatic carbocycles. The largest absolute Gasteiger partial charge is 0.436 e. The lowest BCUT2D eigenvalue weighted by Gasteiger charge is -2.20. The van der Waals surface area contributed by atoms with E-state index in [1.54, 1.807) is 12.1 Å². The predicted octanol–water partition coefficient (Wildman–Crippen LogP) is 9.96. The van der Waals surface area contributed by atoms with E-state index >= 15 is 0 Å². The number of aromatic nitrogens is 1. The van der Waals surface area contributed by atoms with E-state index in [2.05, 4.69) is 55.3 Å². The summed E-state index contributed by atoms with van der Waals surface area (Å²) >= 11 is 0. The summed E-state index contributed by atoms with van der Waals surface area (Å²) < 4.78 is 37.1. The van der Waals surface area contributed by atoms with Crippen molar-refractivity contribution in [2.24, 2.45) is 0 Å². The third kappa shape index (κ3) is 9.72. The number of rotatable bonds is 12. The molecule has 274 valence electrons. The van der Waals surface area contributed by atoms with Gasteiger partial charge in [-0.3, -0.25) is 14.1 Å². The summed E-state index contributed by atoms with van der Waals surface area (Å²) in [7, 11) is -4.12. The van der Waals surface area contributed by atoms with Crippen LogP contribution in [0, 0.1) is 6.92 Å². The van der Waals surface area contributed by atoms with Gasteiger partial charge in [0.1, 0.15) is 5.52 Å². The molecule has 6 aromatic rings. The Bertz CT molecular complexity index is 2310. The first-order chi connectivity index (χ1) is 24.7. The van der Waals surface area contributed by atoms with Gasteiger partial charge in [-0.2, -0.15) is 8.42 Å². The molecule has 0 saturated heterocycles. The van der Waals surface area contributed by atoms with E-state index in [1.807, 2.05) is 85.8 Å². The van der Waals surface area contributed by atoms with Gasteiger partial charge in [-0.15, -0.1) is 0 Å². The summed E-state index contributed by atoms with van der Waals surface area (Å²) in [5.41, 5.74) is 9.57. The van der Waals surface area contributed by atoms with Crippen molar-refractivity contribution in [3.63, 3.8) is 0 Å². The Morgan fingerprint density at radius 3 is 2.00 bits per heavy atom. The zero-order chi connectivity index (χ0) is 37.0. The van der Waals surface area contributed by atoms with Gasteiger partial charge in [0.15, 0.2) is 11.4 Å². The molecule has 0 unspecified atom stereocenters. The number of benzene rings is 5. The van der Waals surface area contributed by atoms with Gasteiger partial charge in [0.25, 0.3) is 10.1 Å². The average molecular weight is 733 g/mol. The van der Waals surface area contributed by atoms with E-state index in [0.717, 1.165) is 44.5 Å². The Balaban J connectivity index is 0.00000541. The van der Waals surface area contributed by atoms with Crippen molar-refractivity contribution in [1.82, 2.24) is 11.1 Å². The predicted molar refractivity (Wildman–Crippen MR) is 212 cm³/mol. The van der Waals surface area contributed by atoms with Crippen molar-refractivity contribution in [2.75, 3.05) is 11.1 Å². The third-order valence-corrected chi connectivity index (χ3v) is 10.1. The first-order valence-corrected chi connectivity index (χ1v) is 18.9. The lowest BCUT2D eigenvalue weighted by molar-refractivity contribution is -0.117. The van der Waals surface area contributed by atoms with Crippen LogP contribution in [-0.4, -0.2) is 35.4 Å². The molecule has 5 aromatic carbocycles. The number of carbonyl (C=O) groups is 2. The SMILES string of the molecule is Cc1cccc2nc(-c3ccc(NC(=O)[C@@H](Cc4ccc(C(=O)CCCS(=O)(=O)O)cc4)c4ccc(-c5ccc(C(C)(C)C)cc5)cc4)cc3)oc12.[NH4+]. The van der Waals surface area contributed by atoms with Crippen LogP contribution < -0.4 is 11.5 Å². The van der Waals surface area contributed by atoms with Crippen LogP contribution in [0.3, 0.4) is 0 Å². The molecule has 0 aliphatic rings. The quantitative estimate of drug-likeness (QED) is 0.0833. The topological polar surface area (TPSA) is 163 Å². The number of oxazole rings is 1.